The summed E-state index contributed by atoms with van der Waals surface area (Å²) in [4.78, 5) is 13.7. The van der Waals surface area contributed by atoms with Gasteiger partial charge in [0.1, 0.15) is 0 Å². The molecular formula is C17H26N2O3S. The zero-order valence-electron chi connectivity index (χ0n) is 14.1. The Balaban J connectivity index is 2.00. The van der Waals surface area contributed by atoms with E-state index in [1.807, 2.05) is 17.0 Å². The van der Waals surface area contributed by atoms with Crippen molar-refractivity contribution in [3.8, 4) is 0 Å². The van der Waals surface area contributed by atoms with Crippen molar-refractivity contribution in [2.24, 2.45) is 0 Å². The van der Waals surface area contributed by atoms with Crippen LogP contribution in [-0.2, 0) is 20.0 Å². The average Bonchev–Trinajstić information content (AvgIpc) is 2.69. The van der Waals surface area contributed by atoms with E-state index in [9.17, 15) is 13.2 Å². The van der Waals surface area contributed by atoms with Gasteiger partial charge in [-0.05, 0) is 23.1 Å². The summed E-state index contributed by atoms with van der Waals surface area (Å²) in [5.41, 5.74) is 1.13. The summed E-state index contributed by atoms with van der Waals surface area (Å²) < 4.78 is 25.0. The lowest BCUT2D eigenvalue weighted by Gasteiger charge is -2.20. The van der Waals surface area contributed by atoms with E-state index in [1.165, 1.54) is 0 Å². The molecule has 0 unspecified atom stereocenters. The number of amides is 1. The highest BCUT2D eigenvalue weighted by molar-refractivity contribution is 7.91. The van der Waals surface area contributed by atoms with Crippen molar-refractivity contribution >= 4 is 15.7 Å². The van der Waals surface area contributed by atoms with Crippen LogP contribution in [0.3, 0.4) is 0 Å². The summed E-state index contributed by atoms with van der Waals surface area (Å²) in [5.74, 6) is 0.115. The Labute approximate surface area is 139 Å². The molecule has 6 heteroatoms. The average molecular weight is 338 g/mol. The van der Waals surface area contributed by atoms with Crippen LogP contribution >= 0.6 is 0 Å². The molecule has 1 N–H and O–H groups in total. The first kappa shape index (κ1) is 17.9. The fourth-order valence-electron chi connectivity index (χ4n) is 2.57. The number of sulfone groups is 1. The monoisotopic (exact) mass is 338 g/mol. The smallest absolute Gasteiger partial charge is 0.221 e. The number of hydrogen-bond donors (Lipinski definition) is 1. The molecule has 0 spiro atoms. The van der Waals surface area contributed by atoms with Crippen LogP contribution < -0.4 is 5.32 Å². The van der Waals surface area contributed by atoms with E-state index in [-0.39, 0.29) is 17.1 Å². The lowest BCUT2D eigenvalue weighted by atomic mass is 9.87. The summed E-state index contributed by atoms with van der Waals surface area (Å²) in [7, 11) is -3.29. The van der Waals surface area contributed by atoms with E-state index in [4.69, 9.17) is 0 Å². The molecule has 1 aliphatic rings. The number of rotatable bonds is 4. The van der Waals surface area contributed by atoms with Gasteiger partial charge in [0, 0.05) is 32.6 Å². The number of hydrogen-bond acceptors (Lipinski definition) is 4. The fraction of sp³-hybridized carbons (Fsp3) is 0.588. The first-order valence-electron chi connectivity index (χ1n) is 8.01. The van der Waals surface area contributed by atoms with Crippen LogP contribution in [0.2, 0.25) is 0 Å². The van der Waals surface area contributed by atoms with Crippen molar-refractivity contribution in [3.05, 3.63) is 29.8 Å². The van der Waals surface area contributed by atoms with Gasteiger partial charge in [-0.2, -0.15) is 0 Å². The molecule has 0 saturated carbocycles. The maximum absolute atomic E-state index is 12.5. The van der Waals surface area contributed by atoms with Crippen LogP contribution in [-0.4, -0.2) is 51.2 Å². The third kappa shape index (κ3) is 5.04. The quantitative estimate of drug-likeness (QED) is 0.905. The molecule has 1 saturated heterocycles. The predicted molar refractivity (Wildman–Crippen MR) is 91.3 cm³/mol. The van der Waals surface area contributed by atoms with Crippen molar-refractivity contribution in [1.29, 1.82) is 0 Å². The van der Waals surface area contributed by atoms with Crippen LogP contribution in [0.5, 0.6) is 0 Å². The van der Waals surface area contributed by atoms with Gasteiger partial charge in [0.25, 0.3) is 0 Å². The van der Waals surface area contributed by atoms with Gasteiger partial charge in [-0.25, -0.2) is 8.42 Å². The van der Waals surface area contributed by atoms with E-state index in [2.05, 4.69) is 26.1 Å². The number of benzene rings is 1. The minimum atomic E-state index is -3.29. The molecule has 1 aliphatic heterocycles. The first-order chi connectivity index (χ1) is 10.7. The Bertz CT molecular complexity index is 645. The third-order valence-electron chi connectivity index (χ3n) is 4.16. The zero-order valence-corrected chi connectivity index (χ0v) is 14.9. The Hall–Kier alpha value is -1.40. The summed E-state index contributed by atoms with van der Waals surface area (Å²) in [5, 5.41) is 2.79. The van der Waals surface area contributed by atoms with Gasteiger partial charge in [-0.3, -0.25) is 4.79 Å². The molecule has 0 radical (unpaired) electrons. The topological polar surface area (TPSA) is 66.5 Å². The van der Waals surface area contributed by atoms with Crippen LogP contribution in [0.25, 0.3) is 0 Å². The number of nitrogens with zero attached hydrogens (tertiary/aromatic N) is 1. The molecule has 0 aliphatic carbocycles. The number of nitrogens with one attached hydrogen (secondary N) is 1. The summed E-state index contributed by atoms with van der Waals surface area (Å²) in [6.45, 7) is 8.66. The van der Waals surface area contributed by atoms with Crippen molar-refractivity contribution < 1.29 is 13.2 Å². The minimum absolute atomic E-state index is 0.00782. The van der Waals surface area contributed by atoms with Crippen molar-refractivity contribution in [3.63, 3.8) is 0 Å². The Morgan fingerprint density at radius 3 is 2.39 bits per heavy atom. The molecule has 2 rings (SSSR count). The highest BCUT2D eigenvalue weighted by atomic mass is 32.2. The molecule has 1 amide bonds. The van der Waals surface area contributed by atoms with Gasteiger partial charge in [-0.15, -0.1) is 0 Å². The zero-order chi connectivity index (χ0) is 17.1. The minimum Gasteiger partial charge on any atom is -0.355 e. The highest BCUT2D eigenvalue weighted by Crippen LogP contribution is 2.23. The lowest BCUT2D eigenvalue weighted by molar-refractivity contribution is -0.120. The standard InChI is InChI=1S/C17H26N2O3S/c1-17(2,3)14-4-6-15(7-5-14)23(21,22)13-12-19-10-8-16(20)18-9-11-19/h4-7H,8-13H2,1-3H3,(H,18,20). The Kier molecular flexibility index (Phi) is 5.47. The van der Waals surface area contributed by atoms with E-state index in [1.54, 1.807) is 12.1 Å². The molecule has 1 fully saturated rings. The van der Waals surface area contributed by atoms with Crippen molar-refractivity contribution in [2.45, 2.75) is 37.5 Å². The van der Waals surface area contributed by atoms with Gasteiger partial charge in [0.05, 0.1) is 10.6 Å². The fourth-order valence-corrected chi connectivity index (χ4v) is 3.85. The van der Waals surface area contributed by atoms with Crippen LogP contribution in [0, 0.1) is 0 Å². The molecule has 1 aromatic rings. The van der Waals surface area contributed by atoms with E-state index in [0.717, 1.165) is 5.56 Å². The molecule has 1 heterocycles. The van der Waals surface area contributed by atoms with E-state index < -0.39 is 9.84 Å². The van der Waals surface area contributed by atoms with Crippen LogP contribution in [0.4, 0.5) is 0 Å². The lowest BCUT2D eigenvalue weighted by Crippen LogP contribution is -2.32. The van der Waals surface area contributed by atoms with Crippen molar-refractivity contribution in [2.75, 3.05) is 31.9 Å². The van der Waals surface area contributed by atoms with E-state index >= 15 is 0 Å². The second-order valence-electron chi connectivity index (χ2n) is 7.03. The predicted octanol–water partition coefficient (Wildman–Crippen LogP) is 1.58. The molecular weight excluding hydrogens is 312 g/mol. The molecule has 0 atom stereocenters. The Morgan fingerprint density at radius 2 is 1.78 bits per heavy atom. The second kappa shape index (κ2) is 7.01. The van der Waals surface area contributed by atoms with E-state index in [0.29, 0.717) is 37.5 Å². The largest absolute Gasteiger partial charge is 0.355 e. The maximum Gasteiger partial charge on any atom is 0.221 e. The first-order valence-corrected chi connectivity index (χ1v) is 9.66. The molecule has 0 aromatic heterocycles. The van der Waals surface area contributed by atoms with Gasteiger partial charge in [0.15, 0.2) is 9.84 Å². The maximum atomic E-state index is 12.5. The highest BCUT2D eigenvalue weighted by Gasteiger charge is 2.20. The van der Waals surface area contributed by atoms with Gasteiger partial charge >= 0.3 is 0 Å². The molecule has 1 aromatic carbocycles. The number of carbonyl (C=O) groups excluding carboxylic acids is 1. The summed E-state index contributed by atoms with van der Waals surface area (Å²) >= 11 is 0. The Morgan fingerprint density at radius 1 is 1.13 bits per heavy atom. The SMILES string of the molecule is CC(C)(C)c1ccc(S(=O)(=O)CCN2CCNC(=O)CC2)cc1. The number of carbonyl (C=O) groups is 1. The van der Waals surface area contributed by atoms with Gasteiger partial charge in [0.2, 0.25) is 5.91 Å². The third-order valence-corrected chi connectivity index (χ3v) is 5.87. The molecule has 0 bridgehead atoms. The second-order valence-corrected chi connectivity index (χ2v) is 9.14. The van der Waals surface area contributed by atoms with Crippen molar-refractivity contribution in [1.82, 2.24) is 10.2 Å². The normalized spacial score (nSPS) is 17.6. The van der Waals surface area contributed by atoms with Gasteiger partial charge < -0.3 is 10.2 Å². The van der Waals surface area contributed by atoms with Crippen LogP contribution in [0.15, 0.2) is 29.2 Å². The summed E-state index contributed by atoms with van der Waals surface area (Å²) in [6, 6.07) is 7.18. The van der Waals surface area contributed by atoms with Gasteiger partial charge in [-0.1, -0.05) is 32.9 Å². The molecule has 5 nitrogen and oxygen atoms in total. The van der Waals surface area contributed by atoms with Crippen LogP contribution in [0.1, 0.15) is 32.8 Å². The summed E-state index contributed by atoms with van der Waals surface area (Å²) in [6.07, 6.45) is 0.431. The molecule has 128 valence electrons. The molecule has 23 heavy (non-hydrogen) atoms.